The predicted molar refractivity (Wildman–Crippen MR) is 413 cm³/mol. The van der Waals surface area contributed by atoms with Gasteiger partial charge in [0.15, 0.2) is 16.9 Å². The maximum Gasteiger partial charge on any atom is 0.415 e. The SMILES string of the molecule is CN(C(=O)OC(C)(C)C)c1ccc2cc[nH]c2n1.CNc1ccc2cc[nH]c2n1.CNc1ccc2ccn(S(=O)(=O)c3ccc(C)cc3)c2n1.Cc1ccc(S(=O)(=O)n2ccc3ccc(N(C)C(=O)OC(C)(C)C)nc32)cc1.Cc1ccc(S(=O)(=O)n2ccc3ccc(N(C)C(=O)[C@@H]4COC(=O)N4)nc32)cc1. The maximum atomic E-state index is 13.1. The summed E-state index contributed by atoms with van der Waals surface area (Å²) < 4.78 is 96.5. The van der Waals surface area contributed by atoms with Gasteiger partial charge in [-0.1, -0.05) is 53.1 Å². The number of carbonyl (C=O) groups excluding carboxylic acids is 4. The second-order valence-corrected chi connectivity index (χ2v) is 32.0. The number of H-pyrrole nitrogens is 2. The number of hydrogen-bond donors (Lipinski definition) is 5. The number of nitrogens with zero attached hydrogens (tertiary/aromatic N) is 11. The maximum absolute atomic E-state index is 13.1. The fourth-order valence-corrected chi connectivity index (χ4v) is 14.3. The number of alkyl carbamates (subject to hydrolysis) is 1. The summed E-state index contributed by atoms with van der Waals surface area (Å²) in [6.45, 7) is 16.4. The summed E-state index contributed by atoms with van der Waals surface area (Å²) >= 11 is 0. The fraction of sp³-hybridized carbons (Fsp3) is 0.240. The van der Waals surface area contributed by atoms with E-state index in [-0.39, 0.29) is 38.4 Å². The lowest BCUT2D eigenvalue weighted by atomic mass is 10.2. The summed E-state index contributed by atoms with van der Waals surface area (Å²) in [5.74, 6) is 2.20. The first-order chi connectivity index (χ1) is 50.5. The molecule has 1 fully saturated rings. The van der Waals surface area contributed by atoms with E-state index in [1.807, 2.05) is 103 Å². The van der Waals surface area contributed by atoms with Crippen molar-refractivity contribution in [1.29, 1.82) is 0 Å². The number of aromatic nitrogens is 10. The van der Waals surface area contributed by atoms with E-state index in [1.165, 1.54) is 51.4 Å². The molecule has 1 aliphatic rings. The Morgan fingerprint density at radius 3 is 1.16 bits per heavy atom. The molecule has 3 aromatic carbocycles. The van der Waals surface area contributed by atoms with Gasteiger partial charge in [-0.25, -0.2) is 76.5 Å². The van der Waals surface area contributed by atoms with Gasteiger partial charge in [-0.3, -0.25) is 19.5 Å². The monoisotopic (exact) mass is 1510 g/mol. The molecular weight excluding hydrogens is 1430 g/mol. The van der Waals surface area contributed by atoms with E-state index in [9.17, 15) is 44.4 Å². The molecule has 5 N–H and O–H groups in total. The number of anilines is 5. The third-order valence-electron chi connectivity index (χ3n) is 16.2. The number of rotatable bonds is 12. The molecule has 0 radical (unpaired) electrons. The second kappa shape index (κ2) is 31.7. The number of aromatic amines is 2. The number of aryl methyl sites for hydroxylation is 3. The Morgan fingerprint density at radius 2 is 0.785 bits per heavy atom. The Hall–Kier alpha value is -12.2. The number of pyridine rings is 5. The Balaban J connectivity index is 0.000000147. The summed E-state index contributed by atoms with van der Waals surface area (Å²) in [6.07, 6.45) is 6.49. The molecule has 0 saturated carbocycles. The van der Waals surface area contributed by atoms with Crippen molar-refractivity contribution in [1.82, 2.24) is 52.1 Å². The van der Waals surface area contributed by atoms with Crippen LogP contribution in [0.4, 0.5) is 43.5 Å². The lowest BCUT2D eigenvalue weighted by molar-refractivity contribution is -0.120. The van der Waals surface area contributed by atoms with Crippen LogP contribution in [0, 0.1) is 20.8 Å². The quantitative estimate of drug-likeness (QED) is 0.0709. The van der Waals surface area contributed by atoms with Crippen LogP contribution in [0.5, 0.6) is 0 Å². The van der Waals surface area contributed by atoms with Gasteiger partial charge in [0, 0.05) is 93.2 Å². The van der Waals surface area contributed by atoms with Crippen LogP contribution >= 0.6 is 0 Å². The van der Waals surface area contributed by atoms with Crippen molar-refractivity contribution in [3.8, 4) is 0 Å². The summed E-state index contributed by atoms with van der Waals surface area (Å²) in [5, 5.41) is 12.5. The van der Waals surface area contributed by atoms with Crippen LogP contribution in [0.2, 0.25) is 0 Å². The molecule has 29 nitrogen and oxygen atoms in total. The molecule has 1 atom stereocenters. The molecule has 0 aliphatic carbocycles. The molecule has 0 bridgehead atoms. The van der Waals surface area contributed by atoms with Crippen molar-refractivity contribution in [2.24, 2.45) is 0 Å². The van der Waals surface area contributed by atoms with Gasteiger partial charge in [-0.05, 0) is 190 Å². The number of fused-ring (bicyclic) bond motifs is 5. The van der Waals surface area contributed by atoms with E-state index in [2.05, 4.69) is 50.8 Å². The van der Waals surface area contributed by atoms with E-state index in [1.54, 1.807) is 156 Å². The topological polar surface area (TPSA) is 355 Å². The molecule has 1 aliphatic heterocycles. The highest BCUT2D eigenvalue weighted by Gasteiger charge is 2.33. The average Bonchev–Trinajstić information content (AvgIpc) is 1.64. The van der Waals surface area contributed by atoms with E-state index in [4.69, 9.17) is 14.2 Å². The summed E-state index contributed by atoms with van der Waals surface area (Å²) in [5.41, 5.74) is 4.32. The van der Waals surface area contributed by atoms with Gasteiger partial charge in [0.25, 0.3) is 36.0 Å². The van der Waals surface area contributed by atoms with Crippen LogP contribution in [-0.2, 0) is 49.1 Å². The predicted octanol–water partition coefficient (Wildman–Crippen LogP) is 12.8. The summed E-state index contributed by atoms with van der Waals surface area (Å²) in [6, 6.07) is 46.1. The lowest BCUT2D eigenvalue weighted by Crippen LogP contribution is -2.44. The number of ether oxygens (including phenoxy) is 3. The summed E-state index contributed by atoms with van der Waals surface area (Å²) in [7, 11) is -3.02. The Morgan fingerprint density at radius 1 is 0.449 bits per heavy atom. The van der Waals surface area contributed by atoms with Crippen molar-refractivity contribution in [3.63, 3.8) is 0 Å². The number of benzene rings is 3. The molecular formula is C75H82N16O13S3. The highest BCUT2D eigenvalue weighted by molar-refractivity contribution is 7.90. The highest BCUT2D eigenvalue weighted by atomic mass is 32.2. The molecule has 14 rings (SSSR count). The molecule has 4 amide bonds. The van der Waals surface area contributed by atoms with Gasteiger partial charge in [0.2, 0.25) is 0 Å². The number of likely N-dealkylation sites (N-methyl/N-ethyl adjacent to an activating group) is 1. The number of hydrogen-bond acceptors (Lipinski definition) is 20. The van der Waals surface area contributed by atoms with E-state index in [0.29, 0.717) is 33.9 Å². The number of nitrogens with one attached hydrogen (secondary N) is 5. The van der Waals surface area contributed by atoms with E-state index >= 15 is 0 Å². The molecule has 13 aromatic rings. The fourth-order valence-electron chi connectivity index (χ4n) is 10.4. The number of amides is 4. The zero-order valence-corrected chi connectivity index (χ0v) is 63.7. The molecule has 558 valence electrons. The molecule has 11 heterocycles. The molecule has 107 heavy (non-hydrogen) atoms. The molecule has 0 unspecified atom stereocenters. The van der Waals surface area contributed by atoms with Gasteiger partial charge < -0.3 is 40.1 Å². The minimum atomic E-state index is -3.85. The highest BCUT2D eigenvalue weighted by Crippen LogP contribution is 2.29. The van der Waals surface area contributed by atoms with Gasteiger partial charge in [-0.2, -0.15) is 0 Å². The second-order valence-electron chi connectivity index (χ2n) is 26.5. The third-order valence-corrected chi connectivity index (χ3v) is 21.2. The largest absolute Gasteiger partial charge is 0.447 e. The van der Waals surface area contributed by atoms with E-state index < -0.39 is 71.5 Å². The smallest absolute Gasteiger partial charge is 0.415 e. The Bertz CT molecular complexity index is 5770. The zero-order valence-electron chi connectivity index (χ0n) is 61.2. The normalized spacial score (nSPS) is 13.0. The van der Waals surface area contributed by atoms with Crippen LogP contribution in [0.3, 0.4) is 0 Å². The van der Waals surface area contributed by atoms with Crippen LogP contribution in [-0.4, -0.2) is 155 Å². The van der Waals surface area contributed by atoms with Gasteiger partial charge in [0.1, 0.15) is 64.2 Å². The third kappa shape index (κ3) is 18.1. The standard InChI is InChI=1S/C20H23N3O4S.C19H18N4O5S.C15H15N3O2S.C13H17N3O2.C8H9N3/c1-14-6-9-16(10-7-14)28(25,26)23-13-12-15-8-11-17(21-18(15)23)22(5)19(24)27-20(2,3)4;1-12-3-6-14(7-4-12)29(26,27)23-10-9-13-5-8-16(21-17(13)23)22(2)18(24)15-11-28-19(25)20-15;1-11-3-6-13(7-4-11)21(19,20)18-10-9-12-5-8-14(16-2)17-15(12)18;1-13(2,3)18-12(17)16(4)10-6-5-9-7-8-14-11(9)15-10;1-9-7-3-2-6-4-5-10-8(6)11-7/h6-13H,1-5H3;3-10,15H,11H2,1-2H3,(H,20,25);3-10H,1-2H3,(H,16,17);5-8H,1-4H3,(H,14,15);2-5H,1H3,(H2,9,10,11)/t;15-;;;/m.0.../s1. The average molecular weight is 1510 g/mol. The number of cyclic esters (lactones) is 1. The van der Waals surface area contributed by atoms with Crippen LogP contribution < -0.4 is 30.7 Å². The van der Waals surface area contributed by atoms with Crippen molar-refractivity contribution in [3.05, 3.63) is 211 Å². The first-order valence-corrected chi connectivity index (χ1v) is 37.7. The minimum absolute atomic E-state index is 0.0670. The lowest BCUT2D eigenvalue weighted by Gasteiger charge is -2.24. The van der Waals surface area contributed by atoms with Gasteiger partial charge in [-0.15, -0.1) is 0 Å². The first kappa shape index (κ1) is 77.5. The van der Waals surface area contributed by atoms with E-state index in [0.717, 1.165) is 57.9 Å². The first-order valence-electron chi connectivity index (χ1n) is 33.3. The van der Waals surface area contributed by atoms with Crippen LogP contribution in [0.15, 0.2) is 209 Å². The van der Waals surface area contributed by atoms with Crippen LogP contribution in [0.25, 0.3) is 55.2 Å². The zero-order chi connectivity index (χ0) is 77.5. The number of carbonyl (C=O) groups is 4. The van der Waals surface area contributed by atoms with Crippen molar-refractivity contribution in [2.45, 2.75) is 94.2 Å². The Labute approximate surface area is 618 Å². The molecule has 32 heteroatoms. The molecule has 0 spiro atoms. The van der Waals surface area contributed by atoms with Crippen molar-refractivity contribution in [2.75, 3.05) is 67.2 Å². The summed E-state index contributed by atoms with van der Waals surface area (Å²) in [4.78, 5) is 80.2. The minimum Gasteiger partial charge on any atom is -0.447 e. The van der Waals surface area contributed by atoms with Crippen molar-refractivity contribution >= 4 is 139 Å². The Kier molecular flexibility index (Phi) is 22.9. The van der Waals surface area contributed by atoms with Gasteiger partial charge >= 0.3 is 18.3 Å². The van der Waals surface area contributed by atoms with Crippen molar-refractivity contribution < 1.29 is 58.6 Å². The van der Waals surface area contributed by atoms with Crippen LogP contribution in [0.1, 0.15) is 58.2 Å². The molecule has 10 aromatic heterocycles. The van der Waals surface area contributed by atoms with Gasteiger partial charge in [0.05, 0.1) is 14.7 Å². The molecule has 1 saturated heterocycles.